The minimum absolute atomic E-state index is 0.232. The Morgan fingerprint density at radius 3 is 2.48 bits per heavy atom. The molecule has 1 rings (SSSR count). The van der Waals surface area contributed by atoms with Gasteiger partial charge in [-0.05, 0) is 19.4 Å². The minimum Gasteiger partial charge on any atom is -0.498 e. The highest BCUT2D eigenvalue weighted by atomic mass is 16.5. The van der Waals surface area contributed by atoms with E-state index in [0.29, 0.717) is 19.0 Å². The van der Waals surface area contributed by atoms with E-state index < -0.39 is 12.1 Å². The molecule has 4 heteroatoms. The number of carbonyl (C=O) groups is 1. The highest BCUT2D eigenvalue weighted by molar-refractivity contribution is 5.82. The number of aliphatic hydroxyl groups excluding tert-OH is 1. The lowest BCUT2D eigenvalue weighted by molar-refractivity contribution is -0.137. The maximum atomic E-state index is 11.4. The number of carbonyl (C=O) groups excluding carboxylic acids is 1. The lowest BCUT2D eigenvalue weighted by atomic mass is 10.1. The molecule has 1 atom stereocenters. The van der Waals surface area contributed by atoms with Crippen LogP contribution in [-0.4, -0.2) is 30.4 Å². The van der Waals surface area contributed by atoms with Crippen LogP contribution >= 0.6 is 0 Å². The van der Waals surface area contributed by atoms with Gasteiger partial charge in [-0.15, -0.1) is 0 Å². The molecule has 21 heavy (non-hydrogen) atoms. The zero-order valence-electron chi connectivity index (χ0n) is 12.5. The molecule has 0 aromatic heterocycles. The molecule has 0 spiro atoms. The van der Waals surface area contributed by atoms with Crippen molar-refractivity contribution in [2.45, 2.75) is 26.4 Å². The van der Waals surface area contributed by atoms with Crippen molar-refractivity contribution in [2.24, 2.45) is 0 Å². The molecule has 0 saturated carbocycles. The Hall–Kier alpha value is -2.07. The van der Waals surface area contributed by atoms with Crippen molar-refractivity contribution in [2.75, 3.05) is 13.2 Å². The van der Waals surface area contributed by atoms with Crippen LogP contribution in [0.15, 0.2) is 48.2 Å². The van der Waals surface area contributed by atoms with Gasteiger partial charge in [0.1, 0.15) is 5.76 Å². The van der Waals surface area contributed by atoms with Crippen LogP contribution in [0, 0.1) is 0 Å². The Bertz CT molecular complexity index is 477. The number of benzene rings is 1. The van der Waals surface area contributed by atoms with Crippen LogP contribution < -0.4 is 0 Å². The molecule has 0 fully saturated rings. The van der Waals surface area contributed by atoms with Crippen molar-refractivity contribution in [3.05, 3.63) is 53.8 Å². The second-order valence-electron chi connectivity index (χ2n) is 4.34. The fraction of sp³-hybridized carbons (Fsp3) is 0.353. The van der Waals surface area contributed by atoms with Gasteiger partial charge in [-0.3, -0.25) is 0 Å². The van der Waals surface area contributed by atoms with Gasteiger partial charge in [-0.25, -0.2) is 4.79 Å². The van der Waals surface area contributed by atoms with Gasteiger partial charge in [0.05, 0.1) is 25.4 Å². The summed E-state index contributed by atoms with van der Waals surface area (Å²) in [4.78, 5) is 11.4. The summed E-state index contributed by atoms with van der Waals surface area (Å²) in [5, 5.41) is 9.99. The maximum Gasteiger partial charge on any atom is 0.334 e. The van der Waals surface area contributed by atoms with E-state index in [0.717, 1.165) is 5.56 Å². The Kier molecular flexibility index (Phi) is 7.90. The number of aliphatic hydroxyl groups is 1. The molecule has 4 nitrogen and oxygen atoms in total. The third-order valence-electron chi connectivity index (χ3n) is 2.62. The Labute approximate surface area is 125 Å². The number of esters is 1. The van der Waals surface area contributed by atoms with Gasteiger partial charge < -0.3 is 14.6 Å². The molecule has 0 radical (unpaired) electrons. The van der Waals surface area contributed by atoms with Crippen molar-refractivity contribution in [3.8, 4) is 0 Å². The first-order valence-electron chi connectivity index (χ1n) is 7.07. The SMILES string of the molecule is CCOC(=O)/C=C(/C[C@@H](O)/C=C/c1ccccc1)OCC. The first-order valence-corrected chi connectivity index (χ1v) is 7.07. The van der Waals surface area contributed by atoms with Crippen LogP contribution in [0.25, 0.3) is 6.08 Å². The molecule has 0 unspecified atom stereocenters. The topological polar surface area (TPSA) is 55.8 Å². The summed E-state index contributed by atoms with van der Waals surface area (Å²) >= 11 is 0. The quantitative estimate of drug-likeness (QED) is 0.454. The van der Waals surface area contributed by atoms with Crippen LogP contribution in [0.1, 0.15) is 25.8 Å². The molecule has 0 heterocycles. The molecule has 0 bridgehead atoms. The summed E-state index contributed by atoms with van der Waals surface area (Å²) in [7, 11) is 0. The Morgan fingerprint density at radius 2 is 1.86 bits per heavy atom. The van der Waals surface area contributed by atoms with Gasteiger partial charge in [0.2, 0.25) is 0 Å². The average Bonchev–Trinajstić information content (AvgIpc) is 2.46. The number of ether oxygens (including phenoxy) is 2. The normalized spacial score (nSPS) is 13.2. The third kappa shape index (κ3) is 7.32. The second kappa shape index (κ2) is 9.77. The van der Waals surface area contributed by atoms with Gasteiger partial charge in [0, 0.05) is 6.42 Å². The van der Waals surface area contributed by atoms with E-state index in [2.05, 4.69) is 0 Å². The summed E-state index contributed by atoms with van der Waals surface area (Å²) in [5.41, 5.74) is 1.00. The van der Waals surface area contributed by atoms with Gasteiger partial charge in [0.25, 0.3) is 0 Å². The molecule has 0 amide bonds. The standard InChI is InChI=1S/C17H22O4/c1-3-20-16(13-17(19)21-4-2)12-15(18)11-10-14-8-6-5-7-9-14/h5-11,13,15,18H,3-4,12H2,1-2H3/b11-10+,16-13-/t15-/m0/s1. The van der Waals surface area contributed by atoms with E-state index in [4.69, 9.17) is 9.47 Å². The molecule has 1 aromatic carbocycles. The second-order valence-corrected chi connectivity index (χ2v) is 4.34. The van der Waals surface area contributed by atoms with Gasteiger partial charge in [-0.2, -0.15) is 0 Å². The Morgan fingerprint density at radius 1 is 1.19 bits per heavy atom. The fourth-order valence-corrected chi connectivity index (χ4v) is 1.72. The van der Waals surface area contributed by atoms with Gasteiger partial charge in [0.15, 0.2) is 0 Å². The molecule has 0 saturated heterocycles. The largest absolute Gasteiger partial charge is 0.498 e. The van der Waals surface area contributed by atoms with Crippen molar-refractivity contribution in [1.29, 1.82) is 0 Å². The monoisotopic (exact) mass is 290 g/mol. The number of rotatable bonds is 8. The molecular formula is C17H22O4. The highest BCUT2D eigenvalue weighted by Crippen LogP contribution is 2.11. The third-order valence-corrected chi connectivity index (χ3v) is 2.62. The van der Waals surface area contributed by atoms with Gasteiger partial charge in [-0.1, -0.05) is 42.5 Å². The van der Waals surface area contributed by atoms with Crippen LogP contribution in [-0.2, 0) is 14.3 Å². The van der Waals surface area contributed by atoms with E-state index in [9.17, 15) is 9.90 Å². The van der Waals surface area contributed by atoms with Crippen molar-refractivity contribution in [1.82, 2.24) is 0 Å². The summed E-state index contributed by atoms with van der Waals surface area (Å²) in [6, 6.07) is 9.68. The van der Waals surface area contributed by atoms with E-state index in [1.165, 1.54) is 6.08 Å². The zero-order valence-corrected chi connectivity index (χ0v) is 12.5. The van der Waals surface area contributed by atoms with Gasteiger partial charge >= 0.3 is 5.97 Å². The van der Waals surface area contributed by atoms with Crippen LogP contribution in [0.4, 0.5) is 0 Å². The van der Waals surface area contributed by atoms with E-state index in [1.54, 1.807) is 13.0 Å². The molecule has 0 aliphatic rings. The summed E-state index contributed by atoms with van der Waals surface area (Å²) < 4.78 is 10.2. The van der Waals surface area contributed by atoms with Crippen LogP contribution in [0.2, 0.25) is 0 Å². The lowest BCUT2D eigenvalue weighted by Gasteiger charge is -2.11. The van der Waals surface area contributed by atoms with Crippen molar-refractivity contribution in [3.63, 3.8) is 0 Å². The first-order chi connectivity index (χ1) is 10.2. The predicted molar refractivity (Wildman–Crippen MR) is 82.4 cm³/mol. The van der Waals surface area contributed by atoms with Crippen molar-refractivity contribution >= 4 is 12.0 Å². The van der Waals surface area contributed by atoms with E-state index in [1.807, 2.05) is 43.3 Å². The maximum absolute atomic E-state index is 11.4. The number of hydrogen-bond acceptors (Lipinski definition) is 4. The van der Waals surface area contributed by atoms with E-state index >= 15 is 0 Å². The number of hydrogen-bond donors (Lipinski definition) is 1. The summed E-state index contributed by atoms with van der Waals surface area (Å²) in [6.45, 7) is 4.31. The first kappa shape index (κ1) is 17.0. The summed E-state index contributed by atoms with van der Waals surface area (Å²) in [5.74, 6) is -0.0404. The van der Waals surface area contributed by atoms with Crippen molar-refractivity contribution < 1.29 is 19.4 Å². The molecule has 114 valence electrons. The summed E-state index contributed by atoms with van der Waals surface area (Å²) in [6.07, 6.45) is 4.30. The fourth-order valence-electron chi connectivity index (χ4n) is 1.72. The highest BCUT2D eigenvalue weighted by Gasteiger charge is 2.08. The lowest BCUT2D eigenvalue weighted by Crippen LogP contribution is -2.09. The zero-order chi connectivity index (χ0) is 15.5. The Balaban J connectivity index is 2.61. The van der Waals surface area contributed by atoms with E-state index in [-0.39, 0.29) is 6.42 Å². The van der Waals surface area contributed by atoms with Crippen LogP contribution in [0.5, 0.6) is 0 Å². The smallest absolute Gasteiger partial charge is 0.334 e. The predicted octanol–water partition coefficient (Wildman–Crippen LogP) is 2.93. The van der Waals surface area contributed by atoms with Crippen LogP contribution in [0.3, 0.4) is 0 Å². The molecular weight excluding hydrogens is 268 g/mol. The molecule has 1 N–H and O–H groups in total. The minimum atomic E-state index is -0.725. The molecule has 0 aliphatic heterocycles. The average molecular weight is 290 g/mol. The molecule has 0 aliphatic carbocycles. The molecule has 1 aromatic rings.